The van der Waals surface area contributed by atoms with E-state index in [-0.39, 0.29) is 17.4 Å². The van der Waals surface area contributed by atoms with Gasteiger partial charge in [0.05, 0.1) is 18.2 Å². The number of hydrogen-bond acceptors (Lipinski definition) is 10. The van der Waals surface area contributed by atoms with Crippen LogP contribution in [0.4, 0.5) is 13.2 Å². The Hall–Kier alpha value is -4.34. The van der Waals surface area contributed by atoms with Gasteiger partial charge in [0.25, 0.3) is 5.79 Å². The Bertz CT molecular complexity index is 1950. The summed E-state index contributed by atoms with van der Waals surface area (Å²) in [6.45, 7) is 6.10. The lowest BCUT2D eigenvalue weighted by atomic mass is 9.88. The number of imidazole rings is 1. The lowest BCUT2D eigenvalue weighted by Crippen LogP contribution is -2.34. The van der Waals surface area contributed by atoms with Gasteiger partial charge in [0.1, 0.15) is 22.7 Å². The molecule has 12 nitrogen and oxygen atoms in total. The molecule has 2 unspecified atom stereocenters. The second-order valence-corrected chi connectivity index (χ2v) is 13.0. The monoisotopic (exact) mass is 681 g/mol. The maximum Gasteiger partial charge on any atom is 0.451 e. The number of alkyl halides is 3. The number of rotatable bonds is 7. The third kappa shape index (κ3) is 5.83. The lowest BCUT2D eigenvalue weighted by molar-refractivity contribution is -0.144. The van der Waals surface area contributed by atoms with Gasteiger partial charge in [0, 0.05) is 37.8 Å². The van der Waals surface area contributed by atoms with Gasteiger partial charge in [0.2, 0.25) is 11.6 Å². The van der Waals surface area contributed by atoms with Crippen LogP contribution in [0.2, 0.25) is 5.02 Å². The third-order valence-electron chi connectivity index (χ3n) is 9.22. The third-order valence-corrected chi connectivity index (χ3v) is 9.44. The van der Waals surface area contributed by atoms with Crippen molar-refractivity contribution in [1.29, 1.82) is 0 Å². The zero-order valence-corrected chi connectivity index (χ0v) is 26.6. The Balaban J connectivity index is 1.00. The molecule has 1 aromatic carbocycles. The smallest absolute Gasteiger partial charge is 0.443 e. The molecular weight excluding hydrogens is 651 g/mol. The van der Waals surface area contributed by atoms with Gasteiger partial charge in [-0.2, -0.15) is 18.3 Å². The van der Waals surface area contributed by atoms with Crippen molar-refractivity contribution >= 4 is 22.8 Å². The fourth-order valence-corrected chi connectivity index (χ4v) is 6.81. The van der Waals surface area contributed by atoms with E-state index in [4.69, 9.17) is 30.8 Å². The van der Waals surface area contributed by atoms with Crippen molar-refractivity contribution in [3.8, 4) is 23.0 Å². The number of pyridine rings is 1. The second-order valence-electron chi connectivity index (χ2n) is 12.5. The SMILES string of the molecule is CC1(c2ccc(Cl)cn2)Oc2cccc(C3CCN(Cc4nc5cc(-c6n[nH]c(C(F)(F)F)n6)nnc5n4CC4CCOC4)CC3)c2O1. The highest BCUT2D eigenvalue weighted by molar-refractivity contribution is 6.30. The molecule has 0 radical (unpaired) electrons. The number of hydrogen-bond donors (Lipinski definition) is 1. The topological polar surface area (TPSA) is 129 Å². The molecule has 16 heteroatoms. The minimum absolute atomic E-state index is 0.111. The number of fused-ring (bicyclic) bond motifs is 2. The summed E-state index contributed by atoms with van der Waals surface area (Å²) in [6.07, 6.45) is -0.330. The van der Waals surface area contributed by atoms with Gasteiger partial charge in [-0.1, -0.05) is 23.7 Å². The van der Waals surface area contributed by atoms with Crippen molar-refractivity contribution in [3.05, 3.63) is 70.5 Å². The van der Waals surface area contributed by atoms with Crippen LogP contribution in [0.15, 0.2) is 42.6 Å². The van der Waals surface area contributed by atoms with Crippen molar-refractivity contribution in [2.45, 2.75) is 57.2 Å². The average molecular weight is 682 g/mol. The molecule has 5 aromatic rings. The lowest BCUT2D eigenvalue weighted by Gasteiger charge is -2.32. The van der Waals surface area contributed by atoms with Gasteiger partial charge in [-0.15, -0.1) is 10.2 Å². The molecule has 0 aliphatic carbocycles. The van der Waals surface area contributed by atoms with Gasteiger partial charge in [0.15, 0.2) is 17.1 Å². The van der Waals surface area contributed by atoms with Crippen molar-refractivity contribution in [3.63, 3.8) is 0 Å². The van der Waals surface area contributed by atoms with Gasteiger partial charge in [-0.3, -0.25) is 15.0 Å². The fraction of sp³-hybridized carbons (Fsp3) is 0.438. The molecular formula is C32H31ClF3N9O3. The van der Waals surface area contributed by atoms with Crippen molar-refractivity contribution in [2.24, 2.45) is 5.92 Å². The maximum atomic E-state index is 13.1. The van der Waals surface area contributed by atoms with E-state index in [1.807, 2.05) is 30.2 Å². The Morgan fingerprint density at radius 2 is 1.92 bits per heavy atom. The van der Waals surface area contributed by atoms with Gasteiger partial charge in [-0.05, 0) is 62.5 Å². The molecule has 3 aliphatic heterocycles. The number of benzene rings is 1. The van der Waals surface area contributed by atoms with E-state index < -0.39 is 17.8 Å². The molecule has 2 saturated heterocycles. The second kappa shape index (κ2) is 12.0. The minimum Gasteiger partial charge on any atom is -0.443 e. The highest BCUT2D eigenvalue weighted by Gasteiger charge is 2.42. The first-order valence-electron chi connectivity index (χ1n) is 15.8. The van der Waals surface area contributed by atoms with Gasteiger partial charge in [-0.25, -0.2) is 9.97 Å². The number of halogens is 4. The van der Waals surface area contributed by atoms with E-state index in [0.717, 1.165) is 49.5 Å². The van der Waals surface area contributed by atoms with Crippen LogP contribution < -0.4 is 9.47 Å². The summed E-state index contributed by atoms with van der Waals surface area (Å²) < 4.78 is 59.7. The zero-order chi connectivity index (χ0) is 33.0. The molecule has 1 N–H and O–H groups in total. The molecule has 0 bridgehead atoms. The number of para-hydroxylation sites is 1. The largest absolute Gasteiger partial charge is 0.451 e. The van der Waals surface area contributed by atoms with Crippen LogP contribution in [-0.2, 0) is 29.8 Å². The van der Waals surface area contributed by atoms with Crippen molar-refractivity contribution in [1.82, 2.24) is 44.8 Å². The average Bonchev–Trinajstić information content (AvgIpc) is 3.88. The van der Waals surface area contributed by atoms with Crippen molar-refractivity contribution < 1.29 is 27.4 Å². The number of aromatic nitrogens is 8. The first-order valence-corrected chi connectivity index (χ1v) is 16.2. The normalized spacial score (nSPS) is 21.8. The summed E-state index contributed by atoms with van der Waals surface area (Å²) in [6, 6.07) is 11.2. The Morgan fingerprint density at radius 1 is 1.06 bits per heavy atom. The molecule has 0 amide bonds. The predicted octanol–water partition coefficient (Wildman–Crippen LogP) is 5.74. The Morgan fingerprint density at radius 3 is 2.65 bits per heavy atom. The van der Waals surface area contributed by atoms with E-state index in [2.05, 4.69) is 40.8 Å². The van der Waals surface area contributed by atoms with E-state index in [1.54, 1.807) is 18.3 Å². The van der Waals surface area contributed by atoms with Crippen LogP contribution in [0, 0.1) is 5.92 Å². The molecule has 0 saturated carbocycles. The maximum absolute atomic E-state index is 13.1. The van der Waals surface area contributed by atoms with Crippen molar-refractivity contribution in [2.75, 3.05) is 26.3 Å². The number of ether oxygens (including phenoxy) is 3. The summed E-state index contributed by atoms with van der Waals surface area (Å²) in [5.41, 5.74) is 2.95. The quantitative estimate of drug-likeness (QED) is 0.227. The van der Waals surface area contributed by atoms with Crippen LogP contribution >= 0.6 is 11.6 Å². The number of piperidine rings is 1. The van der Waals surface area contributed by atoms with Gasteiger partial charge < -0.3 is 18.8 Å². The van der Waals surface area contributed by atoms with Crippen LogP contribution in [0.1, 0.15) is 55.0 Å². The first kappa shape index (κ1) is 31.0. The zero-order valence-electron chi connectivity index (χ0n) is 25.9. The number of nitrogens with one attached hydrogen (secondary N) is 1. The fourth-order valence-electron chi connectivity index (χ4n) is 6.70. The van der Waals surface area contributed by atoms with E-state index in [9.17, 15) is 13.2 Å². The summed E-state index contributed by atoms with van der Waals surface area (Å²) in [5.74, 6) is 0.393. The van der Waals surface area contributed by atoms with Crippen LogP contribution in [0.3, 0.4) is 0 Å². The first-order chi connectivity index (χ1) is 23.1. The molecule has 2 atom stereocenters. The van der Waals surface area contributed by atoms with Crippen LogP contribution in [-0.4, -0.2) is 71.1 Å². The number of likely N-dealkylation sites (tertiary alicyclic amines) is 1. The van der Waals surface area contributed by atoms with E-state index in [1.165, 1.54) is 0 Å². The molecule has 4 aromatic heterocycles. The molecule has 0 spiro atoms. The predicted molar refractivity (Wildman–Crippen MR) is 166 cm³/mol. The molecule has 48 heavy (non-hydrogen) atoms. The standard InChI is InChI=1S/C32H31ClF3N9O3/c1-31(25-6-5-20(33)14-37-25)47-24-4-2-3-21(27(24)48-31)19-7-10-44(11-8-19)16-26-38-23-13-22(28-39-30(43-41-28)32(34,35)36)40-42-29(23)45(26)15-18-9-12-46-17-18/h2-6,13-14,18-19H,7-12,15-17H2,1H3,(H,39,41,43). The number of aromatic amines is 1. The summed E-state index contributed by atoms with van der Waals surface area (Å²) in [7, 11) is 0. The Kier molecular flexibility index (Phi) is 7.72. The number of nitrogens with zero attached hydrogens (tertiary/aromatic N) is 8. The molecule has 2 fully saturated rings. The van der Waals surface area contributed by atoms with E-state index >= 15 is 0 Å². The summed E-state index contributed by atoms with van der Waals surface area (Å²) >= 11 is 6.05. The number of H-pyrrole nitrogens is 1. The highest BCUT2D eigenvalue weighted by Crippen LogP contribution is 2.49. The summed E-state index contributed by atoms with van der Waals surface area (Å²) in [4.78, 5) is 15.3. The molecule has 250 valence electrons. The molecule has 8 rings (SSSR count). The Labute approximate surface area is 277 Å². The van der Waals surface area contributed by atoms with E-state index in [0.29, 0.717) is 59.9 Å². The van der Waals surface area contributed by atoms with Crippen LogP contribution in [0.5, 0.6) is 11.5 Å². The molecule has 7 heterocycles. The summed E-state index contributed by atoms with van der Waals surface area (Å²) in [5, 5.41) is 14.7. The minimum atomic E-state index is -4.65. The molecule has 3 aliphatic rings. The highest BCUT2D eigenvalue weighted by atomic mass is 35.5. The van der Waals surface area contributed by atoms with Crippen LogP contribution in [0.25, 0.3) is 22.7 Å². The van der Waals surface area contributed by atoms with Gasteiger partial charge >= 0.3 is 6.18 Å².